The highest BCUT2D eigenvalue weighted by Crippen LogP contribution is 2.42. The van der Waals surface area contributed by atoms with E-state index in [2.05, 4.69) is 87.2 Å². The summed E-state index contributed by atoms with van der Waals surface area (Å²) in [5.74, 6) is 0. The number of nitrogens with zero attached hydrogens (tertiary/aromatic N) is 1. The first-order valence-corrected chi connectivity index (χ1v) is 9.56. The molecular formula is C19H22Br2N2. The number of anilines is 1. The molecule has 3 rings (SSSR count). The van der Waals surface area contributed by atoms with Crippen molar-refractivity contribution in [3.63, 3.8) is 0 Å². The SMILES string of the molecule is CC(C)(N)CCN1C=CC2=C(CCC=C2Br)c2cc(Br)ccc21. The minimum Gasteiger partial charge on any atom is -0.347 e. The van der Waals surface area contributed by atoms with Gasteiger partial charge < -0.3 is 10.6 Å². The van der Waals surface area contributed by atoms with Crippen molar-refractivity contribution in [1.29, 1.82) is 0 Å². The van der Waals surface area contributed by atoms with E-state index in [9.17, 15) is 0 Å². The van der Waals surface area contributed by atoms with Gasteiger partial charge in [-0.2, -0.15) is 0 Å². The fourth-order valence-electron chi connectivity index (χ4n) is 3.04. The van der Waals surface area contributed by atoms with Crippen molar-refractivity contribution in [1.82, 2.24) is 0 Å². The van der Waals surface area contributed by atoms with Gasteiger partial charge in [-0.05, 0) is 68.5 Å². The summed E-state index contributed by atoms with van der Waals surface area (Å²) < 4.78 is 2.32. The first kappa shape index (κ1) is 17.0. The van der Waals surface area contributed by atoms with Crippen LogP contribution in [-0.4, -0.2) is 12.1 Å². The second-order valence-electron chi connectivity index (χ2n) is 6.89. The fourth-order valence-corrected chi connectivity index (χ4v) is 4.00. The third kappa shape index (κ3) is 3.81. The minimum absolute atomic E-state index is 0.163. The second kappa shape index (κ2) is 6.58. The van der Waals surface area contributed by atoms with Crippen molar-refractivity contribution >= 4 is 43.1 Å². The number of allylic oxidation sites excluding steroid dienone is 5. The van der Waals surface area contributed by atoms with Gasteiger partial charge in [0.25, 0.3) is 0 Å². The van der Waals surface area contributed by atoms with Gasteiger partial charge in [-0.1, -0.05) is 37.9 Å². The van der Waals surface area contributed by atoms with Gasteiger partial charge in [0.2, 0.25) is 0 Å². The lowest BCUT2D eigenvalue weighted by atomic mass is 9.91. The Morgan fingerprint density at radius 1 is 1.26 bits per heavy atom. The lowest BCUT2D eigenvalue weighted by molar-refractivity contribution is 0.481. The van der Waals surface area contributed by atoms with E-state index < -0.39 is 0 Å². The van der Waals surface area contributed by atoms with Crippen LogP contribution in [0.15, 0.2) is 51.1 Å². The Morgan fingerprint density at radius 3 is 2.78 bits per heavy atom. The van der Waals surface area contributed by atoms with Crippen molar-refractivity contribution < 1.29 is 0 Å². The molecule has 2 N–H and O–H groups in total. The molecule has 1 heterocycles. The molecule has 2 aliphatic rings. The molecule has 0 spiro atoms. The van der Waals surface area contributed by atoms with E-state index in [0.29, 0.717) is 0 Å². The van der Waals surface area contributed by atoms with Gasteiger partial charge in [0.15, 0.2) is 0 Å². The van der Waals surface area contributed by atoms with E-state index in [1.807, 2.05) is 0 Å². The van der Waals surface area contributed by atoms with E-state index in [0.717, 1.165) is 30.3 Å². The number of fused-ring (bicyclic) bond motifs is 2. The zero-order valence-electron chi connectivity index (χ0n) is 13.6. The Kier molecular flexibility index (Phi) is 4.86. The predicted molar refractivity (Wildman–Crippen MR) is 107 cm³/mol. The van der Waals surface area contributed by atoms with E-state index in [-0.39, 0.29) is 5.54 Å². The zero-order chi connectivity index (χ0) is 16.6. The van der Waals surface area contributed by atoms with E-state index in [4.69, 9.17) is 5.73 Å². The Morgan fingerprint density at radius 2 is 2.04 bits per heavy atom. The van der Waals surface area contributed by atoms with Crippen LogP contribution in [0.4, 0.5) is 5.69 Å². The summed E-state index contributed by atoms with van der Waals surface area (Å²) in [6.07, 6.45) is 9.78. The van der Waals surface area contributed by atoms with Crippen molar-refractivity contribution in [2.45, 2.75) is 38.6 Å². The van der Waals surface area contributed by atoms with Crippen molar-refractivity contribution in [3.8, 4) is 0 Å². The molecule has 0 fully saturated rings. The number of rotatable bonds is 3. The van der Waals surface area contributed by atoms with Crippen LogP contribution in [0.1, 0.15) is 38.7 Å². The van der Waals surface area contributed by atoms with Gasteiger partial charge in [0.05, 0.1) is 0 Å². The number of hydrogen-bond donors (Lipinski definition) is 1. The lowest BCUT2D eigenvalue weighted by Crippen LogP contribution is -2.36. The quantitative estimate of drug-likeness (QED) is 0.653. The summed E-state index contributed by atoms with van der Waals surface area (Å²) >= 11 is 7.36. The largest absolute Gasteiger partial charge is 0.347 e. The summed E-state index contributed by atoms with van der Waals surface area (Å²) in [6, 6.07) is 6.56. The monoisotopic (exact) mass is 436 g/mol. The molecule has 1 aromatic carbocycles. The maximum absolute atomic E-state index is 6.19. The molecule has 0 atom stereocenters. The van der Waals surface area contributed by atoms with Crippen LogP contribution in [0.25, 0.3) is 5.57 Å². The Balaban J connectivity index is 2.05. The van der Waals surface area contributed by atoms with E-state index in [1.54, 1.807) is 0 Å². The van der Waals surface area contributed by atoms with Crippen LogP contribution in [0.3, 0.4) is 0 Å². The molecule has 0 radical (unpaired) electrons. The number of halogens is 2. The van der Waals surface area contributed by atoms with Gasteiger partial charge in [0, 0.05) is 38.5 Å². The van der Waals surface area contributed by atoms with E-state index in [1.165, 1.54) is 26.9 Å². The lowest BCUT2D eigenvalue weighted by Gasteiger charge is -2.27. The summed E-state index contributed by atoms with van der Waals surface area (Å²) in [5, 5.41) is 0. The van der Waals surface area contributed by atoms with Crippen molar-refractivity contribution in [2.24, 2.45) is 5.73 Å². The molecule has 0 unspecified atom stereocenters. The first-order valence-electron chi connectivity index (χ1n) is 7.98. The molecule has 122 valence electrons. The standard InChI is InChI=1S/C19H22Br2N2/c1-19(2,22)9-11-23-10-8-15-14(4-3-5-17(15)21)16-12-13(20)6-7-18(16)23/h5-8,10,12H,3-4,9,11,22H2,1-2H3. The van der Waals surface area contributed by atoms with Gasteiger partial charge in [-0.15, -0.1) is 0 Å². The van der Waals surface area contributed by atoms with Crippen molar-refractivity contribution in [2.75, 3.05) is 11.4 Å². The topological polar surface area (TPSA) is 29.3 Å². The molecule has 2 nitrogen and oxygen atoms in total. The maximum atomic E-state index is 6.19. The van der Waals surface area contributed by atoms with Crippen molar-refractivity contribution in [3.05, 3.63) is 56.6 Å². The van der Waals surface area contributed by atoms with Crippen LogP contribution < -0.4 is 10.6 Å². The normalized spacial score (nSPS) is 17.6. The molecule has 0 saturated carbocycles. The Labute approximate surface area is 155 Å². The average molecular weight is 438 g/mol. The smallest absolute Gasteiger partial charge is 0.0483 e. The number of hydrogen-bond acceptors (Lipinski definition) is 2. The van der Waals surface area contributed by atoms with Crippen LogP contribution in [0, 0.1) is 0 Å². The molecule has 0 amide bonds. The van der Waals surface area contributed by atoms with Gasteiger partial charge in [-0.25, -0.2) is 0 Å². The maximum Gasteiger partial charge on any atom is 0.0483 e. The highest BCUT2D eigenvalue weighted by atomic mass is 79.9. The van der Waals surface area contributed by atoms with Crippen LogP contribution in [0.5, 0.6) is 0 Å². The molecule has 0 saturated heterocycles. The third-order valence-electron chi connectivity index (χ3n) is 4.31. The average Bonchev–Trinajstić information content (AvgIpc) is 2.62. The third-order valence-corrected chi connectivity index (χ3v) is 5.56. The highest BCUT2D eigenvalue weighted by molar-refractivity contribution is 9.12. The Bertz CT molecular complexity index is 709. The molecule has 1 aliphatic heterocycles. The summed E-state index contributed by atoms with van der Waals surface area (Å²) in [7, 11) is 0. The van der Waals surface area contributed by atoms with Crippen LogP contribution in [-0.2, 0) is 0 Å². The predicted octanol–water partition coefficient (Wildman–Crippen LogP) is 5.74. The van der Waals surface area contributed by atoms with Gasteiger partial charge in [0.1, 0.15) is 0 Å². The molecule has 1 aliphatic carbocycles. The van der Waals surface area contributed by atoms with Gasteiger partial charge in [-0.3, -0.25) is 0 Å². The van der Waals surface area contributed by atoms with Gasteiger partial charge >= 0.3 is 0 Å². The van der Waals surface area contributed by atoms with Crippen LogP contribution in [0.2, 0.25) is 0 Å². The highest BCUT2D eigenvalue weighted by Gasteiger charge is 2.23. The zero-order valence-corrected chi connectivity index (χ0v) is 16.7. The first-order chi connectivity index (χ1) is 10.8. The summed E-state index contributed by atoms with van der Waals surface area (Å²) in [5.41, 5.74) is 11.3. The molecule has 0 aromatic heterocycles. The number of benzene rings is 1. The fraction of sp³-hybridized carbons (Fsp3) is 0.368. The van der Waals surface area contributed by atoms with Crippen LogP contribution >= 0.6 is 31.9 Å². The molecule has 4 heteroatoms. The molecular weight excluding hydrogens is 416 g/mol. The summed E-state index contributed by atoms with van der Waals surface area (Å²) in [4.78, 5) is 2.33. The van der Waals surface area contributed by atoms with E-state index >= 15 is 0 Å². The second-order valence-corrected chi connectivity index (χ2v) is 8.66. The summed E-state index contributed by atoms with van der Waals surface area (Å²) in [6.45, 7) is 5.08. The molecule has 0 bridgehead atoms. The Hall–Kier alpha value is -0.840. The molecule has 1 aromatic rings. The minimum atomic E-state index is -0.163. The molecule has 23 heavy (non-hydrogen) atoms. The number of nitrogens with two attached hydrogens (primary N) is 1.